The van der Waals surface area contributed by atoms with Crippen LogP contribution >= 0.6 is 0 Å². The first-order valence-corrected chi connectivity index (χ1v) is 5.94. The Morgan fingerprint density at radius 1 is 0.875 bits per heavy atom. The Hall–Kier alpha value is -1.10. The van der Waals surface area contributed by atoms with E-state index in [0.717, 1.165) is 13.0 Å². The van der Waals surface area contributed by atoms with Gasteiger partial charge in [-0.25, -0.2) is 0 Å². The lowest BCUT2D eigenvalue weighted by Crippen LogP contribution is -2.30. The number of carbonyl (C=O) groups is 2. The van der Waals surface area contributed by atoms with Crippen molar-refractivity contribution in [3.05, 3.63) is 0 Å². The maximum atomic E-state index is 11.2. The number of carbonyl (C=O) groups excluding carboxylic acids is 2. The Labute approximate surface area is 97.4 Å². The normalized spacial score (nSPS) is 9.88. The fourth-order valence-electron chi connectivity index (χ4n) is 1.17. The van der Waals surface area contributed by atoms with Gasteiger partial charge in [0.15, 0.2) is 0 Å². The summed E-state index contributed by atoms with van der Waals surface area (Å²) in [5.41, 5.74) is 0. The first-order chi connectivity index (χ1) is 7.70. The molecule has 0 bridgehead atoms. The number of hydrogen-bond donors (Lipinski definition) is 3. The zero-order valence-electron chi connectivity index (χ0n) is 10.3. The van der Waals surface area contributed by atoms with Gasteiger partial charge in [-0.15, -0.1) is 0 Å². The van der Waals surface area contributed by atoms with Gasteiger partial charge in [0.05, 0.1) is 0 Å². The van der Waals surface area contributed by atoms with Gasteiger partial charge in [0, 0.05) is 39.0 Å². The summed E-state index contributed by atoms with van der Waals surface area (Å²) in [6, 6.07) is 0. The highest BCUT2D eigenvalue weighted by atomic mass is 16.2. The Kier molecular flexibility index (Phi) is 9.70. The van der Waals surface area contributed by atoms with Crippen LogP contribution in [-0.2, 0) is 9.59 Å². The van der Waals surface area contributed by atoms with Crippen LogP contribution < -0.4 is 16.0 Å². The van der Waals surface area contributed by atoms with Crippen LogP contribution in [0, 0.1) is 0 Å². The predicted molar refractivity (Wildman–Crippen MR) is 64.1 cm³/mol. The molecular weight excluding hydrogens is 206 g/mol. The predicted octanol–water partition coefficient (Wildman–Crippen LogP) is 0.0185. The molecule has 0 aliphatic rings. The summed E-state index contributed by atoms with van der Waals surface area (Å²) in [5, 5.41) is 8.57. The van der Waals surface area contributed by atoms with E-state index < -0.39 is 0 Å². The van der Waals surface area contributed by atoms with Crippen molar-refractivity contribution in [1.82, 2.24) is 16.0 Å². The average Bonchev–Trinajstić information content (AvgIpc) is 2.26. The quantitative estimate of drug-likeness (QED) is 0.488. The lowest BCUT2D eigenvalue weighted by Gasteiger charge is -2.05. The highest BCUT2D eigenvalue weighted by molar-refractivity contribution is 5.76. The van der Waals surface area contributed by atoms with Crippen molar-refractivity contribution >= 4 is 11.8 Å². The minimum absolute atomic E-state index is 0.0467. The zero-order valence-corrected chi connectivity index (χ0v) is 10.3. The highest BCUT2D eigenvalue weighted by Crippen LogP contribution is 1.81. The van der Waals surface area contributed by atoms with Gasteiger partial charge in [0.1, 0.15) is 0 Å². The van der Waals surface area contributed by atoms with E-state index in [2.05, 4.69) is 16.0 Å². The van der Waals surface area contributed by atoms with Gasteiger partial charge in [-0.1, -0.05) is 6.92 Å². The first kappa shape index (κ1) is 14.9. The van der Waals surface area contributed by atoms with E-state index in [9.17, 15) is 9.59 Å². The van der Waals surface area contributed by atoms with E-state index in [4.69, 9.17) is 0 Å². The molecule has 16 heavy (non-hydrogen) atoms. The van der Waals surface area contributed by atoms with Crippen LogP contribution in [0.25, 0.3) is 0 Å². The molecule has 0 unspecified atom stereocenters. The fraction of sp³-hybridized carbons (Fsp3) is 0.818. The van der Waals surface area contributed by atoms with Crippen LogP contribution in [0.5, 0.6) is 0 Å². The molecule has 0 spiro atoms. The third-order valence-electron chi connectivity index (χ3n) is 2.00. The van der Waals surface area contributed by atoms with E-state index >= 15 is 0 Å². The van der Waals surface area contributed by atoms with E-state index in [1.54, 1.807) is 0 Å². The third-order valence-corrected chi connectivity index (χ3v) is 2.00. The molecule has 3 N–H and O–H groups in total. The molecular formula is C11H23N3O2. The monoisotopic (exact) mass is 229 g/mol. The largest absolute Gasteiger partial charge is 0.356 e. The second kappa shape index (κ2) is 10.4. The summed E-state index contributed by atoms with van der Waals surface area (Å²) in [6.07, 6.45) is 1.89. The van der Waals surface area contributed by atoms with Crippen molar-refractivity contribution in [3.63, 3.8) is 0 Å². The van der Waals surface area contributed by atoms with E-state index in [0.29, 0.717) is 32.5 Å². The second-order valence-electron chi connectivity index (χ2n) is 3.55. The van der Waals surface area contributed by atoms with Gasteiger partial charge in [-0.2, -0.15) is 0 Å². The molecule has 0 aliphatic heterocycles. The third kappa shape index (κ3) is 9.45. The number of hydrogen-bond acceptors (Lipinski definition) is 3. The van der Waals surface area contributed by atoms with Gasteiger partial charge in [-0.3, -0.25) is 9.59 Å². The Morgan fingerprint density at radius 2 is 1.44 bits per heavy atom. The van der Waals surface area contributed by atoms with Crippen LogP contribution in [0.3, 0.4) is 0 Å². The summed E-state index contributed by atoms with van der Waals surface area (Å²) < 4.78 is 0. The molecule has 0 saturated carbocycles. The first-order valence-electron chi connectivity index (χ1n) is 5.94. The molecule has 5 heteroatoms. The molecule has 0 heterocycles. The van der Waals surface area contributed by atoms with Crippen molar-refractivity contribution < 1.29 is 9.59 Å². The molecule has 0 rings (SSSR count). The Bertz CT molecular complexity index is 207. The topological polar surface area (TPSA) is 70.2 Å². The average molecular weight is 229 g/mol. The SMILES string of the molecule is CCCNC(=O)CCNCCC(=O)NCC. The second-order valence-corrected chi connectivity index (χ2v) is 3.55. The van der Waals surface area contributed by atoms with Crippen molar-refractivity contribution in [2.24, 2.45) is 0 Å². The maximum Gasteiger partial charge on any atom is 0.221 e. The van der Waals surface area contributed by atoms with Crippen molar-refractivity contribution in [3.8, 4) is 0 Å². The molecule has 0 saturated heterocycles. The Morgan fingerprint density at radius 3 is 1.94 bits per heavy atom. The minimum Gasteiger partial charge on any atom is -0.356 e. The molecule has 5 nitrogen and oxygen atoms in total. The van der Waals surface area contributed by atoms with Crippen LogP contribution in [0.1, 0.15) is 33.1 Å². The molecule has 0 aliphatic carbocycles. The lowest BCUT2D eigenvalue weighted by atomic mass is 10.3. The summed E-state index contributed by atoms with van der Waals surface area (Å²) in [7, 11) is 0. The zero-order chi connectivity index (χ0) is 12.2. The summed E-state index contributed by atoms with van der Waals surface area (Å²) >= 11 is 0. The summed E-state index contributed by atoms with van der Waals surface area (Å²) in [6.45, 7) is 6.55. The molecule has 94 valence electrons. The fourth-order valence-corrected chi connectivity index (χ4v) is 1.17. The van der Waals surface area contributed by atoms with Crippen molar-refractivity contribution in [2.75, 3.05) is 26.2 Å². The van der Waals surface area contributed by atoms with Crippen LogP contribution in [-0.4, -0.2) is 38.0 Å². The minimum atomic E-state index is 0.0467. The smallest absolute Gasteiger partial charge is 0.221 e. The molecule has 2 amide bonds. The standard InChI is InChI=1S/C11H23N3O2/c1-3-7-14-11(16)6-9-12-8-5-10(15)13-4-2/h12H,3-9H2,1-2H3,(H,13,15)(H,14,16). The van der Waals surface area contributed by atoms with Gasteiger partial charge < -0.3 is 16.0 Å². The molecule has 0 aromatic rings. The van der Waals surface area contributed by atoms with Crippen molar-refractivity contribution in [1.29, 1.82) is 0 Å². The molecule has 0 radical (unpaired) electrons. The van der Waals surface area contributed by atoms with E-state index in [-0.39, 0.29) is 11.8 Å². The lowest BCUT2D eigenvalue weighted by molar-refractivity contribution is -0.121. The molecule has 0 aromatic heterocycles. The van der Waals surface area contributed by atoms with Crippen LogP contribution in [0.2, 0.25) is 0 Å². The highest BCUT2D eigenvalue weighted by Gasteiger charge is 2.00. The van der Waals surface area contributed by atoms with Crippen LogP contribution in [0.15, 0.2) is 0 Å². The van der Waals surface area contributed by atoms with E-state index in [1.165, 1.54) is 0 Å². The molecule has 0 fully saturated rings. The molecule has 0 aromatic carbocycles. The maximum absolute atomic E-state index is 11.2. The number of rotatable bonds is 9. The number of amides is 2. The van der Waals surface area contributed by atoms with Gasteiger partial charge in [0.25, 0.3) is 0 Å². The number of nitrogens with one attached hydrogen (secondary N) is 3. The van der Waals surface area contributed by atoms with Crippen molar-refractivity contribution in [2.45, 2.75) is 33.1 Å². The Balaban J connectivity index is 3.26. The van der Waals surface area contributed by atoms with Gasteiger partial charge in [-0.05, 0) is 13.3 Å². The summed E-state index contributed by atoms with van der Waals surface area (Å²) in [5.74, 6) is 0.109. The van der Waals surface area contributed by atoms with Crippen LogP contribution in [0.4, 0.5) is 0 Å². The molecule has 0 atom stereocenters. The van der Waals surface area contributed by atoms with E-state index in [1.807, 2.05) is 13.8 Å². The summed E-state index contributed by atoms with van der Waals surface area (Å²) in [4.78, 5) is 22.2. The van der Waals surface area contributed by atoms with Gasteiger partial charge >= 0.3 is 0 Å². The van der Waals surface area contributed by atoms with Gasteiger partial charge in [0.2, 0.25) is 11.8 Å².